The summed E-state index contributed by atoms with van der Waals surface area (Å²) >= 11 is 5.73. The predicted octanol–water partition coefficient (Wildman–Crippen LogP) is 2.88. The number of hydrogen-bond acceptors (Lipinski definition) is 4. The Balaban J connectivity index is 0.000000347. The van der Waals surface area contributed by atoms with Crippen LogP contribution < -0.4 is 0 Å². The van der Waals surface area contributed by atoms with Gasteiger partial charge >= 0.3 is 0 Å². The molecular formula is C15H13ClN2O2. The summed E-state index contributed by atoms with van der Waals surface area (Å²) in [6.45, 7) is 0.417. The number of carbonyl (C=O) groups is 1. The highest BCUT2D eigenvalue weighted by Crippen LogP contribution is 2.17. The van der Waals surface area contributed by atoms with E-state index in [9.17, 15) is 4.79 Å². The van der Waals surface area contributed by atoms with Crippen LogP contribution in [0.5, 0.6) is 0 Å². The van der Waals surface area contributed by atoms with E-state index < -0.39 is 0 Å². The third-order valence-electron chi connectivity index (χ3n) is 2.14. The van der Waals surface area contributed by atoms with Gasteiger partial charge in [-0.15, -0.1) is 6.42 Å². The minimum absolute atomic E-state index is 0.213. The topological polar surface area (TPSA) is 52.1 Å². The molecule has 1 aromatic carbocycles. The van der Waals surface area contributed by atoms with Crippen LogP contribution in [0.15, 0.2) is 36.5 Å². The van der Waals surface area contributed by atoms with Crippen LogP contribution in [0.1, 0.15) is 10.5 Å². The number of hydrogen-bond donors (Lipinski definition) is 0. The Kier molecular flexibility index (Phi) is 6.97. The summed E-state index contributed by atoms with van der Waals surface area (Å²) in [5.41, 5.74) is 1.07. The van der Waals surface area contributed by atoms with Crippen LogP contribution in [0.3, 0.4) is 0 Å². The first-order valence-electron chi connectivity index (χ1n) is 5.68. The standard InChI is InChI=1S/C11H7ClN2O.C4H6O/c12-9-6-13-11(14-10(9)7-15)8-4-2-1-3-5-8;1-3-4-5-2/h1-7H;1H,4H2,2H3. The molecule has 0 N–H and O–H groups in total. The SMILES string of the molecule is C#CCOC.O=Cc1nc(-c2ccccc2)ncc1Cl. The Morgan fingerprint density at radius 2 is 2.10 bits per heavy atom. The van der Waals surface area contributed by atoms with Crippen LogP contribution in [-0.4, -0.2) is 30.0 Å². The molecule has 0 saturated heterocycles. The highest BCUT2D eigenvalue weighted by atomic mass is 35.5. The lowest BCUT2D eigenvalue weighted by molar-refractivity contribution is 0.111. The van der Waals surface area contributed by atoms with Crippen molar-refractivity contribution in [1.82, 2.24) is 9.97 Å². The first-order valence-corrected chi connectivity index (χ1v) is 6.06. The first kappa shape index (κ1) is 15.8. The van der Waals surface area contributed by atoms with Gasteiger partial charge in [-0.1, -0.05) is 47.9 Å². The van der Waals surface area contributed by atoms with Gasteiger partial charge in [-0.3, -0.25) is 4.79 Å². The number of methoxy groups -OCH3 is 1. The van der Waals surface area contributed by atoms with Gasteiger partial charge < -0.3 is 4.74 Å². The molecule has 0 atom stereocenters. The molecule has 2 aromatic rings. The van der Waals surface area contributed by atoms with E-state index in [2.05, 4.69) is 20.6 Å². The second-order valence-electron chi connectivity index (χ2n) is 3.55. The molecular weight excluding hydrogens is 276 g/mol. The van der Waals surface area contributed by atoms with Gasteiger partial charge in [-0.05, 0) is 0 Å². The lowest BCUT2D eigenvalue weighted by Gasteiger charge is -2.00. The molecule has 0 fully saturated rings. The molecule has 0 unspecified atom stereocenters. The van der Waals surface area contributed by atoms with E-state index in [0.717, 1.165) is 5.56 Å². The van der Waals surface area contributed by atoms with E-state index >= 15 is 0 Å². The van der Waals surface area contributed by atoms with Gasteiger partial charge in [0.05, 0.1) is 11.2 Å². The number of terminal acetylenes is 1. The maximum Gasteiger partial charge on any atom is 0.170 e. The molecule has 0 spiro atoms. The molecule has 5 heteroatoms. The van der Waals surface area contributed by atoms with Crippen LogP contribution in [0.25, 0.3) is 11.4 Å². The van der Waals surface area contributed by atoms with E-state index in [1.807, 2.05) is 30.3 Å². The average Bonchev–Trinajstić information content (AvgIpc) is 2.50. The zero-order valence-electron chi connectivity index (χ0n) is 10.9. The van der Waals surface area contributed by atoms with Crippen molar-refractivity contribution in [2.75, 3.05) is 13.7 Å². The Morgan fingerprint density at radius 3 is 2.60 bits per heavy atom. The third-order valence-corrected chi connectivity index (χ3v) is 2.43. The Labute approximate surface area is 122 Å². The normalized spacial score (nSPS) is 9.05. The zero-order chi connectivity index (χ0) is 14.8. The molecule has 102 valence electrons. The molecule has 0 bridgehead atoms. The maximum absolute atomic E-state index is 10.6. The molecule has 0 radical (unpaired) electrons. The van der Waals surface area contributed by atoms with E-state index in [1.54, 1.807) is 7.11 Å². The summed E-state index contributed by atoms with van der Waals surface area (Å²) in [7, 11) is 1.57. The van der Waals surface area contributed by atoms with Crippen molar-refractivity contribution in [3.05, 3.63) is 47.2 Å². The quantitative estimate of drug-likeness (QED) is 0.644. The van der Waals surface area contributed by atoms with Crippen LogP contribution in [0.2, 0.25) is 5.02 Å². The van der Waals surface area contributed by atoms with Crippen molar-refractivity contribution in [3.8, 4) is 23.7 Å². The van der Waals surface area contributed by atoms with Gasteiger partial charge in [-0.25, -0.2) is 9.97 Å². The van der Waals surface area contributed by atoms with Gasteiger partial charge in [0.15, 0.2) is 12.1 Å². The molecule has 1 aromatic heterocycles. The molecule has 0 aliphatic carbocycles. The number of rotatable bonds is 3. The molecule has 0 aliphatic heterocycles. The van der Waals surface area contributed by atoms with Gasteiger partial charge in [0.1, 0.15) is 12.3 Å². The van der Waals surface area contributed by atoms with Crippen molar-refractivity contribution in [2.45, 2.75) is 0 Å². The summed E-state index contributed by atoms with van der Waals surface area (Å²) in [6, 6.07) is 9.41. The minimum atomic E-state index is 0.213. The predicted molar refractivity (Wildman–Crippen MR) is 78.6 cm³/mol. The summed E-state index contributed by atoms with van der Waals surface area (Å²) in [6.07, 6.45) is 6.82. The Hall–Kier alpha value is -2.22. The number of ether oxygens (including phenoxy) is 1. The van der Waals surface area contributed by atoms with Crippen molar-refractivity contribution in [2.24, 2.45) is 0 Å². The third kappa shape index (κ3) is 4.81. The second-order valence-corrected chi connectivity index (χ2v) is 3.96. The number of halogens is 1. The highest BCUT2D eigenvalue weighted by molar-refractivity contribution is 6.32. The van der Waals surface area contributed by atoms with Crippen molar-refractivity contribution < 1.29 is 9.53 Å². The molecule has 4 nitrogen and oxygen atoms in total. The molecule has 2 rings (SSSR count). The number of benzene rings is 1. The number of aldehydes is 1. The first-order chi connectivity index (χ1) is 9.72. The molecule has 0 saturated carbocycles. The smallest absolute Gasteiger partial charge is 0.170 e. The number of aromatic nitrogens is 2. The average molecular weight is 289 g/mol. The second kappa shape index (κ2) is 8.81. The van der Waals surface area contributed by atoms with E-state index in [0.29, 0.717) is 18.7 Å². The van der Waals surface area contributed by atoms with E-state index in [4.69, 9.17) is 18.0 Å². The molecule has 0 aliphatic rings. The van der Waals surface area contributed by atoms with Crippen molar-refractivity contribution in [1.29, 1.82) is 0 Å². The fraction of sp³-hybridized carbons (Fsp3) is 0.133. The van der Waals surface area contributed by atoms with Gasteiger partial charge in [-0.2, -0.15) is 0 Å². The van der Waals surface area contributed by atoms with E-state index in [-0.39, 0.29) is 10.7 Å². The Bertz CT molecular complexity index is 595. The van der Waals surface area contributed by atoms with Gasteiger partial charge in [0.2, 0.25) is 0 Å². The lowest BCUT2D eigenvalue weighted by Crippen LogP contribution is -1.94. The molecule has 20 heavy (non-hydrogen) atoms. The largest absolute Gasteiger partial charge is 0.372 e. The lowest BCUT2D eigenvalue weighted by atomic mass is 10.2. The van der Waals surface area contributed by atoms with Gasteiger partial charge in [0.25, 0.3) is 0 Å². The summed E-state index contributed by atoms with van der Waals surface area (Å²) in [4.78, 5) is 18.7. The zero-order valence-corrected chi connectivity index (χ0v) is 11.7. The summed E-state index contributed by atoms with van der Waals surface area (Å²) < 4.78 is 4.45. The van der Waals surface area contributed by atoms with Crippen LogP contribution in [0, 0.1) is 12.3 Å². The van der Waals surface area contributed by atoms with Crippen molar-refractivity contribution in [3.63, 3.8) is 0 Å². The fourth-order valence-electron chi connectivity index (χ4n) is 1.27. The van der Waals surface area contributed by atoms with Crippen LogP contribution in [-0.2, 0) is 4.74 Å². The number of nitrogens with zero attached hydrogens (tertiary/aromatic N) is 2. The van der Waals surface area contributed by atoms with Crippen LogP contribution in [0.4, 0.5) is 0 Å². The highest BCUT2D eigenvalue weighted by Gasteiger charge is 2.05. The summed E-state index contributed by atoms with van der Waals surface area (Å²) in [5.74, 6) is 2.80. The van der Waals surface area contributed by atoms with Gasteiger partial charge in [0, 0.05) is 12.7 Å². The summed E-state index contributed by atoms with van der Waals surface area (Å²) in [5, 5.41) is 0.268. The Morgan fingerprint density at radius 1 is 1.40 bits per heavy atom. The van der Waals surface area contributed by atoms with Crippen molar-refractivity contribution >= 4 is 17.9 Å². The molecule has 1 heterocycles. The number of carbonyl (C=O) groups excluding carboxylic acids is 1. The van der Waals surface area contributed by atoms with Crippen LogP contribution >= 0.6 is 11.6 Å². The minimum Gasteiger partial charge on any atom is -0.372 e. The molecule has 0 amide bonds. The van der Waals surface area contributed by atoms with E-state index in [1.165, 1.54) is 6.20 Å². The maximum atomic E-state index is 10.6. The monoisotopic (exact) mass is 288 g/mol. The fourth-order valence-corrected chi connectivity index (χ4v) is 1.41.